The summed E-state index contributed by atoms with van der Waals surface area (Å²) in [5, 5.41) is 2.78. The highest BCUT2D eigenvalue weighted by atomic mass is 16.5. The molecule has 2 N–H and O–H groups in total. The van der Waals surface area contributed by atoms with Crippen LogP contribution in [0.4, 0.5) is 0 Å². The van der Waals surface area contributed by atoms with Crippen molar-refractivity contribution < 1.29 is 9.53 Å². The summed E-state index contributed by atoms with van der Waals surface area (Å²) in [5.41, 5.74) is 3.66. The molecule has 0 atom stereocenters. The number of rotatable bonds is 5. The van der Waals surface area contributed by atoms with Crippen LogP contribution >= 0.6 is 0 Å². The van der Waals surface area contributed by atoms with Gasteiger partial charge in [-0.05, 0) is 43.2 Å². The number of carbonyl (C=O) groups is 1. The summed E-state index contributed by atoms with van der Waals surface area (Å²) in [6.07, 6.45) is 0. The van der Waals surface area contributed by atoms with Gasteiger partial charge in [0.2, 0.25) is 0 Å². The van der Waals surface area contributed by atoms with Crippen molar-refractivity contribution in [2.75, 3.05) is 7.11 Å². The van der Waals surface area contributed by atoms with Crippen LogP contribution in [0.15, 0.2) is 35.1 Å². The molecule has 1 aromatic carbocycles. The van der Waals surface area contributed by atoms with Gasteiger partial charge in [0, 0.05) is 30.5 Å². The third-order valence-electron chi connectivity index (χ3n) is 3.45. The van der Waals surface area contributed by atoms with E-state index in [4.69, 9.17) is 4.74 Å². The minimum absolute atomic E-state index is 0.159. The van der Waals surface area contributed by atoms with Crippen LogP contribution in [0, 0.1) is 13.8 Å². The first-order valence-electron chi connectivity index (χ1n) is 7.06. The van der Waals surface area contributed by atoms with Gasteiger partial charge in [-0.25, -0.2) is 0 Å². The van der Waals surface area contributed by atoms with Crippen LogP contribution < -0.4 is 10.9 Å². The molecule has 0 aliphatic rings. The van der Waals surface area contributed by atoms with E-state index in [9.17, 15) is 9.59 Å². The summed E-state index contributed by atoms with van der Waals surface area (Å²) in [6, 6.07) is 9.08. The molecule has 1 heterocycles. The molecular weight excluding hydrogens is 280 g/mol. The second-order valence-electron chi connectivity index (χ2n) is 5.26. The molecule has 22 heavy (non-hydrogen) atoms. The molecule has 0 bridgehead atoms. The maximum Gasteiger partial charge on any atom is 0.253 e. The van der Waals surface area contributed by atoms with E-state index in [2.05, 4.69) is 10.3 Å². The van der Waals surface area contributed by atoms with Crippen LogP contribution in [-0.4, -0.2) is 18.0 Å². The minimum Gasteiger partial charge on any atom is -0.380 e. The van der Waals surface area contributed by atoms with Crippen molar-refractivity contribution >= 4 is 5.91 Å². The van der Waals surface area contributed by atoms with Gasteiger partial charge in [-0.15, -0.1) is 0 Å². The van der Waals surface area contributed by atoms with Crippen molar-refractivity contribution in [1.29, 1.82) is 0 Å². The van der Waals surface area contributed by atoms with Crippen molar-refractivity contribution in [2.45, 2.75) is 27.0 Å². The van der Waals surface area contributed by atoms with Gasteiger partial charge in [-0.1, -0.05) is 12.1 Å². The first-order valence-corrected chi connectivity index (χ1v) is 7.06. The molecule has 0 aliphatic carbocycles. The number of aromatic nitrogens is 1. The number of aryl methyl sites for hydroxylation is 2. The summed E-state index contributed by atoms with van der Waals surface area (Å²) < 4.78 is 5.03. The molecule has 0 spiro atoms. The van der Waals surface area contributed by atoms with E-state index < -0.39 is 0 Å². The minimum atomic E-state index is -0.205. The van der Waals surface area contributed by atoms with Crippen LogP contribution in [0.2, 0.25) is 0 Å². The zero-order chi connectivity index (χ0) is 16.1. The maximum atomic E-state index is 12.1. The van der Waals surface area contributed by atoms with Crippen LogP contribution in [-0.2, 0) is 17.9 Å². The summed E-state index contributed by atoms with van der Waals surface area (Å²) in [5.74, 6) is -0.205. The SMILES string of the molecule is COCc1ccc(C(=O)NCc2c(C)cc(C)[nH]c2=O)cc1. The molecule has 116 valence electrons. The Bertz CT molecular complexity index is 718. The fourth-order valence-corrected chi connectivity index (χ4v) is 2.29. The zero-order valence-corrected chi connectivity index (χ0v) is 13.0. The second-order valence-corrected chi connectivity index (χ2v) is 5.26. The molecular formula is C17H20N2O3. The quantitative estimate of drug-likeness (QED) is 0.888. The van der Waals surface area contributed by atoms with E-state index in [1.165, 1.54) is 0 Å². The van der Waals surface area contributed by atoms with E-state index in [1.807, 2.05) is 32.0 Å². The lowest BCUT2D eigenvalue weighted by Gasteiger charge is -2.08. The normalized spacial score (nSPS) is 10.5. The molecule has 1 aromatic heterocycles. The smallest absolute Gasteiger partial charge is 0.253 e. The number of carbonyl (C=O) groups excluding carboxylic acids is 1. The van der Waals surface area contributed by atoms with Crippen LogP contribution in [0.3, 0.4) is 0 Å². The number of nitrogens with one attached hydrogen (secondary N) is 2. The van der Waals surface area contributed by atoms with E-state index in [0.29, 0.717) is 17.7 Å². The number of methoxy groups -OCH3 is 1. The van der Waals surface area contributed by atoms with Crippen molar-refractivity contribution in [3.8, 4) is 0 Å². The predicted molar refractivity (Wildman–Crippen MR) is 84.9 cm³/mol. The van der Waals surface area contributed by atoms with Crippen molar-refractivity contribution in [2.24, 2.45) is 0 Å². The lowest BCUT2D eigenvalue weighted by Crippen LogP contribution is -2.27. The number of ether oxygens (including phenoxy) is 1. The number of benzene rings is 1. The van der Waals surface area contributed by atoms with Gasteiger partial charge < -0.3 is 15.0 Å². The average molecular weight is 300 g/mol. The van der Waals surface area contributed by atoms with E-state index in [1.54, 1.807) is 19.2 Å². The molecule has 2 rings (SSSR count). The third-order valence-corrected chi connectivity index (χ3v) is 3.45. The number of hydrogen-bond donors (Lipinski definition) is 2. The molecule has 0 saturated heterocycles. The van der Waals surface area contributed by atoms with E-state index in [-0.39, 0.29) is 18.0 Å². The lowest BCUT2D eigenvalue weighted by atomic mass is 10.1. The van der Waals surface area contributed by atoms with E-state index in [0.717, 1.165) is 16.8 Å². The number of amides is 1. The number of pyridine rings is 1. The third kappa shape index (κ3) is 3.83. The van der Waals surface area contributed by atoms with Crippen molar-refractivity contribution in [1.82, 2.24) is 10.3 Å². The first kappa shape index (κ1) is 16.0. The van der Waals surface area contributed by atoms with Crippen molar-refractivity contribution in [3.63, 3.8) is 0 Å². The molecule has 0 unspecified atom stereocenters. The second kappa shape index (κ2) is 7.04. The molecule has 0 aliphatic heterocycles. The zero-order valence-electron chi connectivity index (χ0n) is 13.0. The van der Waals surface area contributed by atoms with Gasteiger partial charge in [0.15, 0.2) is 0 Å². The number of aromatic amines is 1. The highest BCUT2D eigenvalue weighted by Crippen LogP contribution is 2.07. The average Bonchev–Trinajstić information content (AvgIpc) is 2.47. The highest BCUT2D eigenvalue weighted by molar-refractivity contribution is 5.94. The first-order chi connectivity index (χ1) is 10.5. The Morgan fingerprint density at radius 1 is 1.23 bits per heavy atom. The Balaban J connectivity index is 2.05. The monoisotopic (exact) mass is 300 g/mol. The molecule has 2 aromatic rings. The molecule has 0 radical (unpaired) electrons. The van der Waals surface area contributed by atoms with E-state index >= 15 is 0 Å². The highest BCUT2D eigenvalue weighted by Gasteiger charge is 2.09. The van der Waals surface area contributed by atoms with Gasteiger partial charge >= 0.3 is 0 Å². The Kier molecular flexibility index (Phi) is 5.12. The topological polar surface area (TPSA) is 71.2 Å². The Morgan fingerprint density at radius 2 is 1.91 bits per heavy atom. The number of H-pyrrole nitrogens is 1. The van der Waals surface area contributed by atoms with Gasteiger partial charge in [-0.3, -0.25) is 9.59 Å². The van der Waals surface area contributed by atoms with Gasteiger partial charge in [0.05, 0.1) is 6.61 Å². The lowest BCUT2D eigenvalue weighted by molar-refractivity contribution is 0.0950. The fraction of sp³-hybridized carbons (Fsp3) is 0.294. The fourth-order valence-electron chi connectivity index (χ4n) is 2.29. The Morgan fingerprint density at radius 3 is 2.50 bits per heavy atom. The van der Waals surface area contributed by atoms with Crippen molar-refractivity contribution in [3.05, 3.63) is 68.6 Å². The molecule has 5 heteroatoms. The maximum absolute atomic E-state index is 12.1. The Hall–Kier alpha value is -2.40. The molecule has 5 nitrogen and oxygen atoms in total. The standard InChI is InChI=1S/C17H20N2O3/c1-11-8-12(2)19-17(21)15(11)9-18-16(20)14-6-4-13(5-7-14)10-22-3/h4-8H,9-10H2,1-3H3,(H,18,20)(H,19,21). The van der Waals surface area contributed by atoms with Gasteiger partial charge in [0.1, 0.15) is 0 Å². The largest absolute Gasteiger partial charge is 0.380 e. The van der Waals surface area contributed by atoms with Gasteiger partial charge in [0.25, 0.3) is 11.5 Å². The summed E-state index contributed by atoms with van der Waals surface area (Å²) in [6.45, 7) is 4.42. The molecule has 0 saturated carbocycles. The van der Waals surface area contributed by atoms with Crippen LogP contribution in [0.5, 0.6) is 0 Å². The summed E-state index contributed by atoms with van der Waals surface area (Å²) in [4.78, 5) is 26.8. The van der Waals surface area contributed by atoms with Crippen LogP contribution in [0.1, 0.15) is 32.7 Å². The molecule has 1 amide bonds. The summed E-state index contributed by atoms with van der Waals surface area (Å²) in [7, 11) is 1.63. The Labute approximate surface area is 129 Å². The molecule has 0 fully saturated rings. The number of hydrogen-bond acceptors (Lipinski definition) is 3. The van der Waals surface area contributed by atoms with Crippen LogP contribution in [0.25, 0.3) is 0 Å². The summed E-state index contributed by atoms with van der Waals surface area (Å²) >= 11 is 0. The van der Waals surface area contributed by atoms with Gasteiger partial charge in [-0.2, -0.15) is 0 Å². The predicted octanol–water partition coefficient (Wildman–Crippen LogP) is 2.07.